The van der Waals surface area contributed by atoms with E-state index in [2.05, 4.69) is 0 Å². The van der Waals surface area contributed by atoms with Crippen molar-refractivity contribution in [2.24, 2.45) is 11.1 Å². The fourth-order valence-corrected chi connectivity index (χ4v) is 2.13. The molecule has 1 aliphatic heterocycles. The number of hydrogen-bond donors (Lipinski definition) is 1. The van der Waals surface area contributed by atoms with Crippen molar-refractivity contribution in [1.29, 1.82) is 0 Å². The molecule has 1 saturated heterocycles. The maximum Gasteiger partial charge on any atom is 0.410 e. The number of carbonyl (C=O) groups excluding carboxylic acids is 2. The first kappa shape index (κ1) is 13.4. The Bertz CT molecular complexity index is 475. The van der Waals surface area contributed by atoms with E-state index < -0.39 is 11.5 Å². The smallest absolute Gasteiger partial charge is 0.410 e. The van der Waals surface area contributed by atoms with E-state index in [0.29, 0.717) is 19.5 Å². The van der Waals surface area contributed by atoms with Crippen molar-refractivity contribution >= 4 is 12.0 Å². The first-order valence-electron chi connectivity index (χ1n) is 6.27. The van der Waals surface area contributed by atoms with Crippen LogP contribution in [-0.2, 0) is 16.1 Å². The number of ether oxygens (including phenoxy) is 1. The van der Waals surface area contributed by atoms with Crippen LogP contribution in [0.25, 0.3) is 0 Å². The molecule has 0 bridgehead atoms. The summed E-state index contributed by atoms with van der Waals surface area (Å²) in [6, 6.07) is 9.48. The van der Waals surface area contributed by atoms with E-state index in [1.165, 1.54) is 4.90 Å². The molecule has 1 atom stereocenters. The van der Waals surface area contributed by atoms with E-state index in [9.17, 15) is 9.59 Å². The Hall–Kier alpha value is -2.04. The third kappa shape index (κ3) is 3.05. The SMILES string of the molecule is CC1(C(N)=O)CCN(C(=O)OCc2ccccc2)C1. The summed E-state index contributed by atoms with van der Waals surface area (Å²) in [6.07, 6.45) is 0.191. The van der Waals surface area contributed by atoms with E-state index in [0.717, 1.165) is 5.56 Å². The summed E-state index contributed by atoms with van der Waals surface area (Å²) in [7, 11) is 0. The molecule has 0 spiro atoms. The number of rotatable bonds is 3. The van der Waals surface area contributed by atoms with Crippen LogP contribution in [0.1, 0.15) is 18.9 Å². The Kier molecular flexibility index (Phi) is 3.74. The van der Waals surface area contributed by atoms with Gasteiger partial charge in [0.15, 0.2) is 0 Å². The van der Waals surface area contributed by atoms with Crippen molar-refractivity contribution in [1.82, 2.24) is 4.90 Å². The Morgan fingerprint density at radius 3 is 2.63 bits per heavy atom. The average Bonchev–Trinajstić information content (AvgIpc) is 2.81. The lowest BCUT2D eigenvalue weighted by Crippen LogP contribution is -2.38. The predicted molar refractivity (Wildman–Crippen MR) is 70.1 cm³/mol. The summed E-state index contributed by atoms with van der Waals surface area (Å²) in [5.41, 5.74) is 5.65. The normalized spacial score (nSPS) is 22.3. The maximum absolute atomic E-state index is 11.9. The van der Waals surface area contributed by atoms with Crippen LogP contribution in [0.15, 0.2) is 30.3 Å². The van der Waals surface area contributed by atoms with Crippen LogP contribution < -0.4 is 5.73 Å². The molecule has 2 N–H and O–H groups in total. The largest absolute Gasteiger partial charge is 0.445 e. The summed E-state index contributed by atoms with van der Waals surface area (Å²) < 4.78 is 5.22. The van der Waals surface area contributed by atoms with E-state index in [1.807, 2.05) is 30.3 Å². The highest BCUT2D eigenvalue weighted by atomic mass is 16.6. The van der Waals surface area contributed by atoms with Gasteiger partial charge in [-0.15, -0.1) is 0 Å². The molecule has 0 saturated carbocycles. The number of likely N-dealkylation sites (tertiary alicyclic amines) is 1. The lowest BCUT2D eigenvalue weighted by atomic mass is 9.89. The van der Waals surface area contributed by atoms with E-state index in [1.54, 1.807) is 6.92 Å². The van der Waals surface area contributed by atoms with Gasteiger partial charge in [-0.05, 0) is 18.9 Å². The van der Waals surface area contributed by atoms with Crippen LogP contribution in [0.5, 0.6) is 0 Å². The van der Waals surface area contributed by atoms with Gasteiger partial charge in [0.05, 0.1) is 5.41 Å². The molecule has 5 nitrogen and oxygen atoms in total. The molecule has 5 heteroatoms. The van der Waals surface area contributed by atoms with Gasteiger partial charge < -0.3 is 15.4 Å². The number of amides is 2. The Morgan fingerprint density at radius 1 is 1.37 bits per heavy atom. The van der Waals surface area contributed by atoms with Crippen LogP contribution >= 0.6 is 0 Å². The van der Waals surface area contributed by atoms with Crippen LogP contribution in [0, 0.1) is 5.41 Å². The fraction of sp³-hybridized carbons (Fsp3) is 0.429. The first-order valence-corrected chi connectivity index (χ1v) is 6.27. The molecule has 2 amide bonds. The van der Waals surface area contributed by atoms with Crippen molar-refractivity contribution in [2.45, 2.75) is 20.0 Å². The molecule has 1 aromatic carbocycles. The molecule has 0 aliphatic carbocycles. The Labute approximate surface area is 112 Å². The van der Waals surface area contributed by atoms with Gasteiger partial charge >= 0.3 is 6.09 Å². The lowest BCUT2D eigenvalue weighted by molar-refractivity contribution is -0.126. The molecule has 1 heterocycles. The Balaban J connectivity index is 1.87. The van der Waals surface area contributed by atoms with Crippen molar-refractivity contribution in [3.8, 4) is 0 Å². The topological polar surface area (TPSA) is 72.6 Å². The zero-order chi connectivity index (χ0) is 13.9. The number of primary amides is 1. The van der Waals surface area contributed by atoms with E-state index in [4.69, 9.17) is 10.5 Å². The molecule has 19 heavy (non-hydrogen) atoms. The Morgan fingerprint density at radius 2 is 2.05 bits per heavy atom. The standard InChI is InChI=1S/C14H18N2O3/c1-14(12(15)17)7-8-16(10-14)13(18)19-9-11-5-3-2-4-6-11/h2-6H,7-10H2,1H3,(H2,15,17). The number of nitrogens with two attached hydrogens (primary N) is 1. The molecular weight excluding hydrogens is 244 g/mol. The zero-order valence-electron chi connectivity index (χ0n) is 11.0. The highest BCUT2D eigenvalue weighted by Crippen LogP contribution is 2.29. The molecule has 1 aromatic rings. The highest BCUT2D eigenvalue weighted by Gasteiger charge is 2.41. The summed E-state index contributed by atoms with van der Waals surface area (Å²) in [4.78, 5) is 24.7. The van der Waals surface area contributed by atoms with Gasteiger partial charge in [-0.25, -0.2) is 4.79 Å². The van der Waals surface area contributed by atoms with Gasteiger partial charge in [-0.1, -0.05) is 30.3 Å². The van der Waals surface area contributed by atoms with E-state index >= 15 is 0 Å². The number of hydrogen-bond acceptors (Lipinski definition) is 3. The molecule has 0 radical (unpaired) electrons. The number of benzene rings is 1. The minimum absolute atomic E-state index is 0.240. The van der Waals surface area contributed by atoms with Crippen LogP contribution in [0.3, 0.4) is 0 Å². The van der Waals surface area contributed by atoms with Crippen molar-refractivity contribution in [3.63, 3.8) is 0 Å². The maximum atomic E-state index is 11.9. The molecular formula is C14H18N2O3. The van der Waals surface area contributed by atoms with E-state index in [-0.39, 0.29) is 12.5 Å². The fourth-order valence-electron chi connectivity index (χ4n) is 2.13. The van der Waals surface area contributed by atoms with Crippen LogP contribution in [-0.4, -0.2) is 30.0 Å². The van der Waals surface area contributed by atoms with Gasteiger partial charge in [0.25, 0.3) is 0 Å². The van der Waals surface area contributed by atoms with Crippen LogP contribution in [0.2, 0.25) is 0 Å². The summed E-state index contributed by atoms with van der Waals surface area (Å²) >= 11 is 0. The highest BCUT2D eigenvalue weighted by molar-refractivity contribution is 5.82. The molecule has 1 aliphatic rings. The number of carbonyl (C=O) groups is 2. The quantitative estimate of drug-likeness (QED) is 0.897. The third-order valence-corrected chi connectivity index (χ3v) is 3.53. The van der Waals surface area contributed by atoms with Crippen LogP contribution in [0.4, 0.5) is 4.79 Å². The summed E-state index contributed by atoms with van der Waals surface area (Å²) in [5, 5.41) is 0. The summed E-state index contributed by atoms with van der Waals surface area (Å²) in [5.74, 6) is -0.370. The molecule has 0 aromatic heterocycles. The minimum Gasteiger partial charge on any atom is -0.445 e. The third-order valence-electron chi connectivity index (χ3n) is 3.53. The van der Waals surface area contributed by atoms with Crippen molar-refractivity contribution in [2.75, 3.05) is 13.1 Å². The predicted octanol–water partition coefficient (Wildman–Crippen LogP) is 1.52. The van der Waals surface area contributed by atoms with Gasteiger partial charge in [0.2, 0.25) is 5.91 Å². The van der Waals surface area contributed by atoms with Crippen molar-refractivity contribution < 1.29 is 14.3 Å². The average molecular weight is 262 g/mol. The van der Waals surface area contributed by atoms with Gasteiger partial charge in [0.1, 0.15) is 6.61 Å². The van der Waals surface area contributed by atoms with Gasteiger partial charge in [-0.2, -0.15) is 0 Å². The van der Waals surface area contributed by atoms with Gasteiger partial charge in [-0.3, -0.25) is 4.79 Å². The molecule has 1 unspecified atom stereocenters. The van der Waals surface area contributed by atoms with Gasteiger partial charge in [0, 0.05) is 13.1 Å². The molecule has 2 rings (SSSR count). The second-order valence-electron chi connectivity index (χ2n) is 5.14. The second kappa shape index (κ2) is 5.30. The molecule has 1 fully saturated rings. The van der Waals surface area contributed by atoms with Crippen molar-refractivity contribution in [3.05, 3.63) is 35.9 Å². The first-order chi connectivity index (χ1) is 9.01. The monoisotopic (exact) mass is 262 g/mol. The minimum atomic E-state index is -0.633. The summed E-state index contributed by atoms with van der Waals surface area (Å²) in [6.45, 7) is 2.85. The number of nitrogens with zero attached hydrogens (tertiary/aromatic N) is 1. The lowest BCUT2D eigenvalue weighted by Gasteiger charge is -2.20. The molecule has 102 valence electrons. The zero-order valence-corrected chi connectivity index (χ0v) is 11.0. The second-order valence-corrected chi connectivity index (χ2v) is 5.14.